The number of carbonyl (C=O) groups excluding carboxylic acids is 1. The van der Waals surface area contributed by atoms with E-state index in [1.165, 1.54) is 16.9 Å². The fourth-order valence-electron chi connectivity index (χ4n) is 1.66. The Morgan fingerprint density at radius 2 is 2.10 bits per heavy atom. The smallest absolute Gasteiger partial charge is 0.405 e. The van der Waals surface area contributed by atoms with Crippen LogP contribution in [0.2, 0.25) is 0 Å². The third-order valence-electron chi connectivity index (χ3n) is 2.65. The average molecular weight is 282 g/mol. The maximum absolute atomic E-state index is 13.5. The van der Waals surface area contributed by atoms with Gasteiger partial charge in [0, 0.05) is 5.56 Å². The number of hydrogen-bond acceptors (Lipinski definition) is 4. The molecule has 2 rings (SSSR count). The van der Waals surface area contributed by atoms with Gasteiger partial charge in [-0.25, -0.2) is 18.3 Å². The highest BCUT2D eigenvalue weighted by Gasteiger charge is 2.15. The van der Waals surface area contributed by atoms with E-state index in [9.17, 15) is 13.6 Å². The summed E-state index contributed by atoms with van der Waals surface area (Å²) in [4.78, 5) is 10.6. The van der Waals surface area contributed by atoms with Gasteiger partial charge < -0.3 is 10.5 Å². The minimum absolute atomic E-state index is 0.116. The van der Waals surface area contributed by atoms with E-state index in [0.29, 0.717) is 5.69 Å². The lowest BCUT2D eigenvalue weighted by Crippen LogP contribution is -2.15. The lowest BCUT2D eigenvalue weighted by atomic mass is 10.2. The molecule has 106 valence electrons. The van der Waals surface area contributed by atoms with Gasteiger partial charge in [0.1, 0.15) is 23.4 Å². The molecule has 1 atom stereocenters. The summed E-state index contributed by atoms with van der Waals surface area (Å²) in [5, 5.41) is 7.48. The number of nitrogens with two attached hydrogens (primary N) is 1. The van der Waals surface area contributed by atoms with Crippen molar-refractivity contribution in [2.45, 2.75) is 19.6 Å². The van der Waals surface area contributed by atoms with Crippen LogP contribution in [0.5, 0.6) is 0 Å². The number of ether oxygens (including phenoxy) is 1. The van der Waals surface area contributed by atoms with Crippen molar-refractivity contribution in [3.05, 3.63) is 47.3 Å². The van der Waals surface area contributed by atoms with Gasteiger partial charge >= 0.3 is 6.09 Å². The van der Waals surface area contributed by atoms with Crippen LogP contribution in [-0.2, 0) is 11.3 Å². The summed E-state index contributed by atoms with van der Waals surface area (Å²) in [5.74, 6) is -1.33. The molecule has 0 fully saturated rings. The fraction of sp³-hybridized carbons (Fsp3) is 0.250. The quantitative estimate of drug-likeness (QED) is 0.926. The number of amides is 1. The molecule has 0 aliphatic carbocycles. The van der Waals surface area contributed by atoms with E-state index in [0.717, 1.165) is 12.1 Å². The fourth-order valence-corrected chi connectivity index (χ4v) is 1.66. The number of halogens is 2. The highest BCUT2D eigenvalue weighted by molar-refractivity contribution is 5.64. The molecular formula is C12H12F2N4O2. The molecule has 6 nitrogen and oxygen atoms in total. The Bertz CT molecular complexity index is 609. The number of benzene rings is 1. The van der Waals surface area contributed by atoms with Gasteiger partial charge in [0.25, 0.3) is 0 Å². The van der Waals surface area contributed by atoms with Crippen LogP contribution in [-0.4, -0.2) is 21.1 Å². The average Bonchev–Trinajstić information content (AvgIpc) is 2.82. The van der Waals surface area contributed by atoms with Gasteiger partial charge in [0.2, 0.25) is 0 Å². The molecule has 0 saturated heterocycles. The number of aromatic nitrogens is 3. The normalized spacial score (nSPS) is 12.2. The third kappa shape index (κ3) is 3.08. The van der Waals surface area contributed by atoms with E-state index in [4.69, 9.17) is 10.5 Å². The van der Waals surface area contributed by atoms with Gasteiger partial charge in [-0.15, -0.1) is 5.10 Å². The Hall–Kier alpha value is -2.51. The molecular weight excluding hydrogens is 270 g/mol. The van der Waals surface area contributed by atoms with Crippen LogP contribution < -0.4 is 5.73 Å². The molecule has 0 radical (unpaired) electrons. The van der Waals surface area contributed by atoms with E-state index < -0.39 is 23.8 Å². The van der Waals surface area contributed by atoms with E-state index in [-0.39, 0.29) is 12.1 Å². The SMILES string of the molecule is CC(OC(N)=O)c1cn(Cc2c(F)cccc2F)nn1. The van der Waals surface area contributed by atoms with Crippen LogP contribution in [0.4, 0.5) is 13.6 Å². The molecule has 0 aliphatic heterocycles. The number of nitrogens with zero attached hydrogens (tertiary/aromatic N) is 3. The van der Waals surface area contributed by atoms with E-state index in [2.05, 4.69) is 10.3 Å². The summed E-state index contributed by atoms with van der Waals surface area (Å²) in [5.41, 5.74) is 5.10. The van der Waals surface area contributed by atoms with Crippen molar-refractivity contribution >= 4 is 6.09 Å². The molecule has 1 amide bonds. The van der Waals surface area contributed by atoms with Crippen molar-refractivity contribution in [1.82, 2.24) is 15.0 Å². The Morgan fingerprint density at radius 1 is 1.45 bits per heavy atom. The van der Waals surface area contributed by atoms with Crippen LogP contribution >= 0.6 is 0 Å². The number of rotatable bonds is 4. The van der Waals surface area contributed by atoms with Gasteiger partial charge in [-0.05, 0) is 19.1 Å². The van der Waals surface area contributed by atoms with Crippen LogP contribution in [0, 0.1) is 11.6 Å². The Kier molecular flexibility index (Phi) is 3.92. The van der Waals surface area contributed by atoms with Crippen molar-refractivity contribution < 1.29 is 18.3 Å². The summed E-state index contributed by atoms with van der Waals surface area (Å²) >= 11 is 0. The second kappa shape index (κ2) is 5.64. The first-order valence-electron chi connectivity index (χ1n) is 5.76. The minimum Gasteiger partial charge on any atom is -0.440 e. The first kappa shape index (κ1) is 13.9. The Morgan fingerprint density at radius 3 is 2.70 bits per heavy atom. The van der Waals surface area contributed by atoms with Crippen LogP contribution in [0.3, 0.4) is 0 Å². The summed E-state index contributed by atoms with van der Waals surface area (Å²) in [6.07, 6.45) is -0.196. The zero-order valence-corrected chi connectivity index (χ0v) is 10.6. The van der Waals surface area contributed by atoms with E-state index in [1.807, 2.05) is 0 Å². The molecule has 1 heterocycles. The zero-order valence-electron chi connectivity index (χ0n) is 10.6. The van der Waals surface area contributed by atoms with E-state index >= 15 is 0 Å². The lowest BCUT2D eigenvalue weighted by molar-refractivity contribution is 0.114. The first-order valence-corrected chi connectivity index (χ1v) is 5.76. The summed E-state index contributed by atoms with van der Waals surface area (Å²) < 4.78 is 32.9. The maximum atomic E-state index is 13.5. The molecule has 20 heavy (non-hydrogen) atoms. The summed E-state index contributed by atoms with van der Waals surface area (Å²) in [7, 11) is 0. The zero-order chi connectivity index (χ0) is 14.7. The van der Waals surface area contributed by atoms with Crippen molar-refractivity contribution in [3.63, 3.8) is 0 Å². The first-order chi connectivity index (χ1) is 9.47. The van der Waals surface area contributed by atoms with Gasteiger partial charge in [-0.2, -0.15) is 0 Å². The third-order valence-corrected chi connectivity index (χ3v) is 2.65. The molecule has 8 heteroatoms. The molecule has 2 N–H and O–H groups in total. The molecule has 0 bridgehead atoms. The Balaban J connectivity index is 2.16. The minimum atomic E-state index is -0.938. The standard InChI is InChI=1S/C12H12F2N4O2/c1-7(20-12(15)19)11-6-18(17-16-11)5-8-9(13)3-2-4-10(8)14/h2-4,6-7H,5H2,1H3,(H2,15,19). The van der Waals surface area contributed by atoms with Gasteiger partial charge in [-0.3, -0.25) is 0 Å². The van der Waals surface area contributed by atoms with Crippen LogP contribution in [0.25, 0.3) is 0 Å². The van der Waals surface area contributed by atoms with Crippen molar-refractivity contribution in [2.24, 2.45) is 5.73 Å². The largest absolute Gasteiger partial charge is 0.440 e. The number of carbonyl (C=O) groups is 1. The predicted molar refractivity (Wildman–Crippen MR) is 64.6 cm³/mol. The lowest BCUT2D eigenvalue weighted by Gasteiger charge is -2.07. The van der Waals surface area contributed by atoms with E-state index in [1.54, 1.807) is 6.92 Å². The molecule has 1 unspecified atom stereocenters. The molecule has 0 aliphatic rings. The predicted octanol–water partition coefficient (Wildman–Crippen LogP) is 1.76. The van der Waals surface area contributed by atoms with Crippen molar-refractivity contribution in [3.8, 4) is 0 Å². The Labute approximate surface area is 113 Å². The molecule has 2 aromatic rings. The molecule has 1 aromatic carbocycles. The van der Waals surface area contributed by atoms with Crippen LogP contribution in [0.1, 0.15) is 24.3 Å². The molecule has 0 saturated carbocycles. The topological polar surface area (TPSA) is 83.0 Å². The summed E-state index contributed by atoms with van der Waals surface area (Å²) in [6.45, 7) is 1.44. The number of primary amides is 1. The van der Waals surface area contributed by atoms with Crippen molar-refractivity contribution in [2.75, 3.05) is 0 Å². The molecule has 0 spiro atoms. The second-order valence-corrected chi connectivity index (χ2v) is 4.12. The highest BCUT2D eigenvalue weighted by atomic mass is 19.1. The second-order valence-electron chi connectivity index (χ2n) is 4.12. The van der Waals surface area contributed by atoms with Crippen LogP contribution in [0.15, 0.2) is 24.4 Å². The van der Waals surface area contributed by atoms with Gasteiger partial charge in [-0.1, -0.05) is 11.3 Å². The highest BCUT2D eigenvalue weighted by Crippen LogP contribution is 2.16. The van der Waals surface area contributed by atoms with Gasteiger partial charge in [0.15, 0.2) is 0 Å². The molecule has 1 aromatic heterocycles. The maximum Gasteiger partial charge on any atom is 0.405 e. The monoisotopic (exact) mass is 282 g/mol. The number of hydrogen-bond donors (Lipinski definition) is 1. The summed E-state index contributed by atoms with van der Waals surface area (Å²) in [6, 6.07) is 3.61. The van der Waals surface area contributed by atoms with Crippen molar-refractivity contribution in [1.29, 1.82) is 0 Å². The van der Waals surface area contributed by atoms with Gasteiger partial charge in [0.05, 0.1) is 12.7 Å².